The second-order valence-electron chi connectivity index (χ2n) is 6.73. The number of furan rings is 1. The second kappa shape index (κ2) is 7.32. The molecule has 0 aliphatic heterocycles. The third-order valence-corrected chi connectivity index (χ3v) is 4.85. The number of benzene rings is 2. The van der Waals surface area contributed by atoms with Crippen LogP contribution in [0.15, 0.2) is 69.4 Å². The zero-order chi connectivity index (χ0) is 21.4. The molecule has 4 aromatic rings. The Hall–Kier alpha value is -4.20. The van der Waals surface area contributed by atoms with Crippen LogP contribution in [0.2, 0.25) is 0 Å². The molecule has 0 aliphatic rings. The first-order valence-corrected chi connectivity index (χ1v) is 9.05. The lowest BCUT2D eigenvalue weighted by molar-refractivity contribution is 0.0946. The molecule has 2 aromatic carbocycles. The molecule has 2 heterocycles. The number of carbonyl (C=O) groups is 2. The summed E-state index contributed by atoms with van der Waals surface area (Å²) in [4.78, 5) is 24.4. The number of aryl methyl sites for hydroxylation is 2. The maximum atomic E-state index is 12.4. The molecule has 30 heavy (non-hydrogen) atoms. The number of aromatic nitrogens is 1. The number of azo groups is 1. The predicted molar refractivity (Wildman–Crippen MR) is 108 cm³/mol. The average Bonchev–Trinajstić information content (AvgIpc) is 3.28. The summed E-state index contributed by atoms with van der Waals surface area (Å²) in [5, 5.41) is 28.9. The van der Waals surface area contributed by atoms with Gasteiger partial charge in [-0.05, 0) is 49.7 Å². The Bertz CT molecular complexity index is 1330. The molecule has 2 aromatic heterocycles. The molecule has 0 saturated carbocycles. The average molecular weight is 403 g/mol. The van der Waals surface area contributed by atoms with Gasteiger partial charge in [0.15, 0.2) is 0 Å². The molecule has 0 fully saturated rings. The summed E-state index contributed by atoms with van der Waals surface area (Å²) >= 11 is 0. The van der Waals surface area contributed by atoms with Gasteiger partial charge in [-0.3, -0.25) is 14.2 Å². The van der Waals surface area contributed by atoms with E-state index < -0.39 is 11.8 Å². The summed E-state index contributed by atoms with van der Waals surface area (Å²) in [6, 6.07) is 13.0. The minimum Gasteiger partial charge on any atom is -0.494 e. The molecule has 0 unspecified atom stereocenters. The molecule has 0 saturated heterocycles. The van der Waals surface area contributed by atoms with Crippen molar-refractivity contribution in [2.24, 2.45) is 10.2 Å². The van der Waals surface area contributed by atoms with Gasteiger partial charge >= 0.3 is 0 Å². The van der Waals surface area contributed by atoms with E-state index in [2.05, 4.69) is 10.2 Å². The van der Waals surface area contributed by atoms with Gasteiger partial charge in [0.2, 0.25) is 11.8 Å². The summed E-state index contributed by atoms with van der Waals surface area (Å²) in [6.07, 6.45) is 1.35. The Kier molecular flexibility index (Phi) is 4.67. The summed E-state index contributed by atoms with van der Waals surface area (Å²) in [7, 11) is 0. The maximum Gasteiger partial charge on any atom is 0.299 e. The van der Waals surface area contributed by atoms with Gasteiger partial charge in [0.05, 0.1) is 17.5 Å². The van der Waals surface area contributed by atoms with Gasteiger partial charge in [-0.15, -0.1) is 10.2 Å². The van der Waals surface area contributed by atoms with Gasteiger partial charge in [-0.2, -0.15) is 0 Å². The van der Waals surface area contributed by atoms with E-state index in [1.54, 1.807) is 19.1 Å². The number of para-hydroxylation sites is 1. The first-order chi connectivity index (χ1) is 14.4. The normalized spacial score (nSPS) is 11.4. The Labute approximate surface area is 170 Å². The molecule has 0 aliphatic carbocycles. The molecular weight excluding hydrogens is 386 g/mol. The highest BCUT2D eigenvalue weighted by Gasteiger charge is 2.20. The molecule has 8 nitrogen and oxygen atoms in total. The van der Waals surface area contributed by atoms with Crippen molar-refractivity contribution in [1.29, 1.82) is 0 Å². The van der Waals surface area contributed by atoms with E-state index in [9.17, 15) is 19.8 Å². The van der Waals surface area contributed by atoms with Crippen LogP contribution in [0.5, 0.6) is 11.8 Å². The number of aromatic hydroxyl groups is 2. The number of rotatable bonds is 3. The van der Waals surface area contributed by atoms with Gasteiger partial charge in [-0.25, -0.2) is 0 Å². The van der Waals surface area contributed by atoms with Crippen molar-refractivity contribution in [2.75, 3.05) is 0 Å². The molecule has 150 valence electrons. The number of hydrogen-bond donors (Lipinski definition) is 2. The molecule has 2 N–H and O–H groups in total. The number of hydrogen-bond acceptors (Lipinski definition) is 5. The van der Waals surface area contributed by atoms with E-state index >= 15 is 0 Å². The molecule has 0 bridgehead atoms. The fourth-order valence-corrected chi connectivity index (χ4v) is 3.25. The van der Waals surface area contributed by atoms with Crippen LogP contribution >= 0.6 is 0 Å². The van der Waals surface area contributed by atoms with Crippen molar-refractivity contribution in [2.45, 2.75) is 13.8 Å². The van der Waals surface area contributed by atoms with Gasteiger partial charge < -0.3 is 14.6 Å². The minimum absolute atomic E-state index is 0.111. The Morgan fingerprint density at radius 1 is 0.900 bits per heavy atom. The molecule has 0 spiro atoms. The summed E-state index contributed by atoms with van der Waals surface area (Å²) in [5.74, 6) is -1.43. The number of amides is 2. The topological polar surface area (TPSA) is 117 Å². The van der Waals surface area contributed by atoms with Crippen molar-refractivity contribution in [1.82, 2.24) is 4.57 Å². The van der Waals surface area contributed by atoms with Gasteiger partial charge in [0, 0.05) is 16.3 Å². The summed E-state index contributed by atoms with van der Waals surface area (Å²) in [6.45, 7) is 3.46. The quantitative estimate of drug-likeness (QED) is 0.482. The Balaban J connectivity index is 1.70. The van der Waals surface area contributed by atoms with E-state index in [1.165, 1.54) is 35.1 Å². The Morgan fingerprint density at radius 3 is 2.30 bits per heavy atom. The monoisotopic (exact) mass is 403 g/mol. The number of nitrogens with zero attached hydrogens (tertiary/aromatic N) is 3. The van der Waals surface area contributed by atoms with Crippen LogP contribution in [-0.4, -0.2) is 26.6 Å². The SMILES string of the molecule is Cc1ccccc1-n1c(O)c2ccc(C(=O)N=NC(=O)c3ccoc3C)cc2c1O. The molecular formula is C22H17N3O5. The van der Waals surface area contributed by atoms with E-state index in [0.717, 1.165) is 5.56 Å². The van der Waals surface area contributed by atoms with E-state index in [1.807, 2.05) is 19.1 Å². The highest BCUT2D eigenvalue weighted by molar-refractivity contribution is 6.03. The van der Waals surface area contributed by atoms with E-state index in [-0.39, 0.29) is 28.3 Å². The predicted octanol–water partition coefficient (Wildman–Crippen LogP) is 4.68. The number of carbonyl (C=O) groups excluding carboxylic acids is 2. The van der Waals surface area contributed by atoms with E-state index in [0.29, 0.717) is 16.8 Å². The van der Waals surface area contributed by atoms with Gasteiger partial charge in [-0.1, -0.05) is 18.2 Å². The highest BCUT2D eigenvalue weighted by Crippen LogP contribution is 2.40. The molecule has 4 rings (SSSR count). The van der Waals surface area contributed by atoms with Crippen LogP contribution in [0.1, 0.15) is 32.0 Å². The molecule has 2 amide bonds. The summed E-state index contributed by atoms with van der Waals surface area (Å²) in [5.41, 5.74) is 1.79. The van der Waals surface area contributed by atoms with E-state index in [4.69, 9.17) is 4.42 Å². The van der Waals surface area contributed by atoms with Crippen molar-refractivity contribution < 1.29 is 24.2 Å². The maximum absolute atomic E-state index is 12.4. The highest BCUT2D eigenvalue weighted by atomic mass is 16.3. The lowest BCUT2D eigenvalue weighted by atomic mass is 10.1. The van der Waals surface area contributed by atoms with Gasteiger partial charge in [0.25, 0.3) is 11.8 Å². The largest absolute Gasteiger partial charge is 0.494 e. The lowest BCUT2D eigenvalue weighted by Gasteiger charge is -2.09. The Morgan fingerprint density at radius 2 is 1.60 bits per heavy atom. The minimum atomic E-state index is -0.756. The first-order valence-electron chi connectivity index (χ1n) is 9.05. The van der Waals surface area contributed by atoms with Crippen molar-refractivity contribution >= 4 is 22.6 Å². The standard InChI is InChI=1S/C22H17N3O5/c1-12-5-3-4-6-18(12)25-21(28)16-8-7-14(11-17(16)22(25)29)19(26)23-24-20(27)15-9-10-30-13(15)2/h3-11,28-29H,1-2H3. The van der Waals surface area contributed by atoms with Crippen LogP contribution in [0.25, 0.3) is 16.5 Å². The second-order valence-corrected chi connectivity index (χ2v) is 6.73. The van der Waals surface area contributed by atoms with Crippen LogP contribution in [0.3, 0.4) is 0 Å². The zero-order valence-electron chi connectivity index (χ0n) is 16.2. The fraction of sp³-hybridized carbons (Fsp3) is 0.0909. The summed E-state index contributed by atoms with van der Waals surface area (Å²) < 4.78 is 6.34. The van der Waals surface area contributed by atoms with Gasteiger partial charge in [0.1, 0.15) is 5.76 Å². The van der Waals surface area contributed by atoms with Crippen molar-refractivity contribution in [3.8, 4) is 17.4 Å². The molecule has 0 atom stereocenters. The number of fused-ring (bicyclic) bond motifs is 1. The molecule has 8 heteroatoms. The molecule has 0 radical (unpaired) electrons. The fourth-order valence-electron chi connectivity index (χ4n) is 3.25. The van der Waals surface area contributed by atoms with Crippen molar-refractivity contribution in [3.63, 3.8) is 0 Å². The van der Waals surface area contributed by atoms with Crippen LogP contribution in [0.4, 0.5) is 0 Å². The van der Waals surface area contributed by atoms with Crippen LogP contribution in [-0.2, 0) is 0 Å². The van der Waals surface area contributed by atoms with Crippen molar-refractivity contribution in [3.05, 3.63) is 77.2 Å². The third kappa shape index (κ3) is 3.14. The van der Waals surface area contributed by atoms with Crippen LogP contribution in [0, 0.1) is 13.8 Å². The lowest BCUT2D eigenvalue weighted by Crippen LogP contribution is -1.98. The zero-order valence-corrected chi connectivity index (χ0v) is 16.2. The third-order valence-electron chi connectivity index (χ3n) is 4.85. The van der Waals surface area contributed by atoms with Crippen LogP contribution < -0.4 is 0 Å². The first kappa shape index (κ1) is 19.1. The smallest absolute Gasteiger partial charge is 0.299 e.